The normalized spacial score (nSPS) is 13.8. The number of pyridine rings is 2. The first-order valence-corrected chi connectivity index (χ1v) is 12.8. The van der Waals surface area contributed by atoms with Gasteiger partial charge in [-0.3, -0.25) is 4.98 Å². The Morgan fingerprint density at radius 2 is 1.74 bits per heavy atom. The van der Waals surface area contributed by atoms with Crippen LogP contribution in [0.4, 0.5) is 0 Å². The van der Waals surface area contributed by atoms with E-state index in [0.717, 1.165) is 39.0 Å². The Hall–Kier alpha value is -2.72. The SMILES string of the molecule is C=C(c1ccn2ncc(C(=C)C)c2c1)c1ccc(C2CCCC2)nc1C.CCCN(C)CCC. The van der Waals surface area contributed by atoms with Crippen molar-refractivity contribution >= 4 is 16.7 Å². The van der Waals surface area contributed by atoms with E-state index in [1.165, 1.54) is 57.3 Å². The molecule has 4 rings (SSSR count). The molecule has 0 radical (unpaired) electrons. The number of aromatic nitrogens is 3. The minimum atomic E-state index is 0.636. The summed E-state index contributed by atoms with van der Waals surface area (Å²) < 4.78 is 1.88. The first-order chi connectivity index (χ1) is 16.3. The molecule has 1 saturated carbocycles. The van der Waals surface area contributed by atoms with Gasteiger partial charge in [-0.25, -0.2) is 4.52 Å². The molecule has 34 heavy (non-hydrogen) atoms. The highest BCUT2D eigenvalue weighted by atomic mass is 15.2. The largest absolute Gasteiger partial charge is 0.306 e. The molecule has 0 saturated heterocycles. The molecule has 4 nitrogen and oxygen atoms in total. The van der Waals surface area contributed by atoms with Gasteiger partial charge < -0.3 is 4.90 Å². The lowest BCUT2D eigenvalue weighted by atomic mass is 9.96. The van der Waals surface area contributed by atoms with Crippen molar-refractivity contribution in [1.82, 2.24) is 19.5 Å². The zero-order chi connectivity index (χ0) is 24.7. The maximum atomic E-state index is 4.91. The van der Waals surface area contributed by atoms with E-state index in [9.17, 15) is 0 Å². The molecule has 0 aromatic carbocycles. The molecule has 0 unspecified atom stereocenters. The van der Waals surface area contributed by atoms with Crippen molar-refractivity contribution < 1.29 is 0 Å². The molecular weight excluding hydrogens is 416 g/mol. The lowest BCUT2D eigenvalue weighted by Crippen LogP contribution is -2.19. The summed E-state index contributed by atoms with van der Waals surface area (Å²) in [5.74, 6) is 0.636. The predicted molar refractivity (Wildman–Crippen MR) is 146 cm³/mol. The van der Waals surface area contributed by atoms with Gasteiger partial charge in [-0.2, -0.15) is 5.10 Å². The highest BCUT2D eigenvalue weighted by Crippen LogP contribution is 2.34. The monoisotopic (exact) mass is 458 g/mol. The van der Waals surface area contributed by atoms with Crippen LogP contribution in [-0.4, -0.2) is 39.6 Å². The number of nitrogens with zero attached hydrogens (tertiary/aromatic N) is 4. The summed E-state index contributed by atoms with van der Waals surface area (Å²) in [6, 6.07) is 8.59. The minimum Gasteiger partial charge on any atom is -0.306 e. The lowest BCUT2D eigenvalue weighted by Gasteiger charge is -2.14. The van der Waals surface area contributed by atoms with Crippen LogP contribution < -0.4 is 0 Å². The molecule has 0 spiro atoms. The Labute approximate surface area is 206 Å². The molecule has 0 aliphatic heterocycles. The van der Waals surface area contributed by atoms with E-state index in [1.807, 2.05) is 23.8 Å². The van der Waals surface area contributed by atoms with Crippen molar-refractivity contribution in [1.29, 1.82) is 0 Å². The fourth-order valence-corrected chi connectivity index (χ4v) is 4.88. The summed E-state index contributed by atoms with van der Waals surface area (Å²) in [7, 11) is 2.17. The van der Waals surface area contributed by atoms with Gasteiger partial charge in [0.25, 0.3) is 0 Å². The van der Waals surface area contributed by atoms with E-state index in [-0.39, 0.29) is 0 Å². The zero-order valence-corrected chi connectivity index (χ0v) is 21.9. The molecule has 3 heterocycles. The van der Waals surface area contributed by atoms with Crippen molar-refractivity contribution in [3.05, 3.63) is 77.9 Å². The molecule has 1 fully saturated rings. The molecule has 3 aromatic heterocycles. The Morgan fingerprint density at radius 3 is 2.32 bits per heavy atom. The minimum absolute atomic E-state index is 0.636. The molecule has 0 bridgehead atoms. The Bertz CT molecular complexity index is 1110. The molecular formula is C30H42N4. The summed E-state index contributed by atoms with van der Waals surface area (Å²) in [6.07, 6.45) is 11.6. The molecule has 182 valence electrons. The van der Waals surface area contributed by atoms with E-state index in [2.05, 4.69) is 75.2 Å². The summed E-state index contributed by atoms with van der Waals surface area (Å²) in [5, 5.41) is 4.40. The van der Waals surface area contributed by atoms with Crippen LogP contribution in [0.5, 0.6) is 0 Å². The van der Waals surface area contributed by atoms with Crippen molar-refractivity contribution in [3.8, 4) is 0 Å². The van der Waals surface area contributed by atoms with Gasteiger partial charge in [-0.05, 0) is 94.6 Å². The van der Waals surface area contributed by atoms with Gasteiger partial charge in [0.2, 0.25) is 0 Å². The molecule has 1 aliphatic rings. The van der Waals surface area contributed by atoms with Crippen LogP contribution >= 0.6 is 0 Å². The number of hydrogen-bond acceptors (Lipinski definition) is 3. The van der Waals surface area contributed by atoms with Crippen molar-refractivity contribution in [2.45, 2.75) is 72.1 Å². The third-order valence-electron chi connectivity index (χ3n) is 6.75. The molecule has 3 aromatic rings. The van der Waals surface area contributed by atoms with Gasteiger partial charge in [0.15, 0.2) is 0 Å². The zero-order valence-electron chi connectivity index (χ0n) is 21.9. The summed E-state index contributed by atoms with van der Waals surface area (Å²) in [5.41, 5.74) is 8.67. The van der Waals surface area contributed by atoms with Gasteiger partial charge in [-0.1, -0.05) is 45.9 Å². The Morgan fingerprint density at radius 1 is 1.06 bits per heavy atom. The smallest absolute Gasteiger partial charge is 0.0742 e. The number of rotatable bonds is 8. The topological polar surface area (TPSA) is 33.4 Å². The number of aryl methyl sites for hydroxylation is 1. The average molecular weight is 459 g/mol. The van der Waals surface area contributed by atoms with E-state index in [4.69, 9.17) is 4.98 Å². The molecule has 1 aliphatic carbocycles. The van der Waals surface area contributed by atoms with Gasteiger partial charge in [0.1, 0.15) is 0 Å². The van der Waals surface area contributed by atoms with Crippen LogP contribution in [0.25, 0.3) is 16.7 Å². The standard InChI is InChI=1S/C23H25N3.C7H17N/c1-15(2)21-14-24-26-12-11-19(13-23(21)26)16(3)20-9-10-22(25-17(20)4)18-7-5-6-8-18;1-4-6-8(3)7-5-2/h9-14,18H,1,3,5-8H2,2,4H3;4-7H2,1-3H3. The Balaban J connectivity index is 0.000000350. The van der Waals surface area contributed by atoms with Crippen LogP contribution in [0.1, 0.15) is 93.3 Å². The van der Waals surface area contributed by atoms with Crippen LogP contribution in [-0.2, 0) is 0 Å². The average Bonchev–Trinajstić information content (AvgIpc) is 3.49. The number of fused-ring (bicyclic) bond motifs is 1. The van der Waals surface area contributed by atoms with Crippen LogP contribution in [0.3, 0.4) is 0 Å². The van der Waals surface area contributed by atoms with E-state index >= 15 is 0 Å². The van der Waals surface area contributed by atoms with Crippen LogP contribution in [0, 0.1) is 6.92 Å². The quantitative estimate of drug-likeness (QED) is 0.350. The molecule has 0 atom stereocenters. The molecule has 0 N–H and O–H groups in total. The highest BCUT2D eigenvalue weighted by Gasteiger charge is 2.19. The lowest BCUT2D eigenvalue weighted by molar-refractivity contribution is 0.335. The maximum absolute atomic E-state index is 4.91. The third-order valence-corrected chi connectivity index (χ3v) is 6.75. The second-order valence-corrected chi connectivity index (χ2v) is 9.72. The van der Waals surface area contributed by atoms with Gasteiger partial charge in [0, 0.05) is 34.6 Å². The van der Waals surface area contributed by atoms with Gasteiger partial charge >= 0.3 is 0 Å². The van der Waals surface area contributed by atoms with Crippen LogP contribution in [0.2, 0.25) is 0 Å². The van der Waals surface area contributed by atoms with E-state index in [0.29, 0.717) is 5.92 Å². The van der Waals surface area contributed by atoms with Gasteiger partial charge in [-0.15, -0.1) is 0 Å². The molecule has 4 heteroatoms. The van der Waals surface area contributed by atoms with E-state index < -0.39 is 0 Å². The van der Waals surface area contributed by atoms with Gasteiger partial charge in [0.05, 0.1) is 11.7 Å². The fraction of sp³-hybridized carbons (Fsp3) is 0.467. The summed E-state index contributed by atoms with van der Waals surface area (Å²) >= 11 is 0. The van der Waals surface area contributed by atoms with Crippen molar-refractivity contribution in [2.24, 2.45) is 0 Å². The number of allylic oxidation sites excluding steroid dienone is 1. The second-order valence-electron chi connectivity index (χ2n) is 9.72. The fourth-order valence-electron chi connectivity index (χ4n) is 4.88. The Kier molecular flexibility index (Phi) is 9.23. The van der Waals surface area contributed by atoms with Crippen molar-refractivity contribution in [3.63, 3.8) is 0 Å². The van der Waals surface area contributed by atoms with Crippen molar-refractivity contribution in [2.75, 3.05) is 20.1 Å². The third kappa shape index (κ3) is 6.24. The predicted octanol–water partition coefficient (Wildman–Crippen LogP) is 7.53. The van der Waals surface area contributed by atoms with Crippen LogP contribution in [0.15, 0.2) is 49.8 Å². The summed E-state index contributed by atoms with van der Waals surface area (Å²) in [6.45, 7) is 19.4. The first kappa shape index (κ1) is 25.9. The highest BCUT2D eigenvalue weighted by molar-refractivity contribution is 5.83. The maximum Gasteiger partial charge on any atom is 0.0742 e. The number of hydrogen-bond donors (Lipinski definition) is 0. The molecule has 0 amide bonds. The second kappa shape index (κ2) is 12.1. The van der Waals surface area contributed by atoms with E-state index in [1.54, 1.807) is 0 Å². The first-order valence-electron chi connectivity index (χ1n) is 12.8. The summed E-state index contributed by atoms with van der Waals surface area (Å²) in [4.78, 5) is 7.27.